The number of amides is 2. The molecule has 2 aromatic rings. The number of hydrogen-bond donors (Lipinski definition) is 1. The molecule has 0 aliphatic heterocycles. The van der Waals surface area contributed by atoms with E-state index in [-0.39, 0.29) is 18.2 Å². The first kappa shape index (κ1) is 18.3. The molecule has 0 bridgehead atoms. The Hall–Kier alpha value is -2.04. The number of carbonyl (C=O) groups excluding carboxylic acids is 2. The van der Waals surface area contributed by atoms with Crippen LogP contribution in [-0.2, 0) is 9.59 Å². The van der Waals surface area contributed by atoms with Gasteiger partial charge in [0.25, 0.3) is 0 Å². The summed E-state index contributed by atoms with van der Waals surface area (Å²) in [6.07, 6.45) is 1.02. The summed E-state index contributed by atoms with van der Waals surface area (Å²) < 4.78 is 0. The first-order chi connectivity index (χ1) is 11.5. The van der Waals surface area contributed by atoms with Gasteiger partial charge in [0, 0.05) is 41.3 Å². The quantitative estimate of drug-likeness (QED) is 0.802. The van der Waals surface area contributed by atoms with Crippen LogP contribution in [0.2, 0.25) is 10.0 Å². The maximum absolute atomic E-state index is 12.1. The SMILES string of the molecule is CN(C(=O)CCCC(=O)Nc1cc(Cl)cc(Cl)c1)c1ccccc1. The zero-order valence-corrected chi connectivity index (χ0v) is 14.8. The van der Waals surface area contributed by atoms with Crippen molar-refractivity contribution in [1.29, 1.82) is 0 Å². The highest BCUT2D eigenvalue weighted by atomic mass is 35.5. The highest BCUT2D eigenvalue weighted by molar-refractivity contribution is 6.35. The molecule has 0 spiro atoms. The summed E-state index contributed by atoms with van der Waals surface area (Å²) in [6.45, 7) is 0. The van der Waals surface area contributed by atoms with Gasteiger partial charge in [-0.15, -0.1) is 0 Å². The van der Waals surface area contributed by atoms with Crippen molar-refractivity contribution in [3.8, 4) is 0 Å². The van der Waals surface area contributed by atoms with Gasteiger partial charge >= 0.3 is 0 Å². The predicted molar refractivity (Wildman–Crippen MR) is 98.8 cm³/mol. The summed E-state index contributed by atoms with van der Waals surface area (Å²) in [5.41, 5.74) is 1.38. The lowest BCUT2D eigenvalue weighted by atomic mass is 10.2. The molecule has 2 rings (SSSR count). The molecule has 0 saturated carbocycles. The minimum absolute atomic E-state index is 0.0280. The zero-order valence-electron chi connectivity index (χ0n) is 13.3. The van der Waals surface area contributed by atoms with Crippen LogP contribution in [0.5, 0.6) is 0 Å². The van der Waals surface area contributed by atoms with Crippen molar-refractivity contribution in [3.05, 3.63) is 58.6 Å². The molecule has 0 heterocycles. The Morgan fingerprint density at radius 3 is 2.25 bits per heavy atom. The van der Waals surface area contributed by atoms with E-state index in [9.17, 15) is 9.59 Å². The first-order valence-corrected chi connectivity index (χ1v) is 8.29. The van der Waals surface area contributed by atoms with Crippen LogP contribution in [-0.4, -0.2) is 18.9 Å². The summed E-state index contributed by atoms with van der Waals surface area (Å²) in [4.78, 5) is 25.7. The van der Waals surface area contributed by atoms with Gasteiger partial charge in [-0.1, -0.05) is 41.4 Å². The molecule has 0 saturated heterocycles. The van der Waals surface area contributed by atoms with E-state index in [1.54, 1.807) is 30.1 Å². The summed E-state index contributed by atoms with van der Waals surface area (Å²) in [7, 11) is 1.73. The molecular formula is C18H18Cl2N2O2. The summed E-state index contributed by atoms with van der Waals surface area (Å²) in [5, 5.41) is 3.64. The van der Waals surface area contributed by atoms with Crippen LogP contribution in [0, 0.1) is 0 Å². The molecule has 6 heteroatoms. The average Bonchev–Trinajstić information content (AvgIpc) is 2.53. The molecule has 0 aliphatic carbocycles. The predicted octanol–water partition coefficient (Wildman–Crippen LogP) is 4.77. The monoisotopic (exact) mass is 364 g/mol. The van der Waals surface area contributed by atoms with Crippen LogP contribution in [0.15, 0.2) is 48.5 Å². The standard InChI is InChI=1S/C18H18Cl2N2O2/c1-22(16-6-3-2-4-7-16)18(24)9-5-8-17(23)21-15-11-13(19)10-14(20)12-15/h2-4,6-7,10-12H,5,8-9H2,1H3,(H,21,23). The van der Waals surface area contributed by atoms with E-state index in [4.69, 9.17) is 23.2 Å². The molecule has 0 unspecified atom stereocenters. The third-order valence-electron chi connectivity index (χ3n) is 3.46. The van der Waals surface area contributed by atoms with Crippen molar-refractivity contribution in [2.24, 2.45) is 0 Å². The molecule has 4 nitrogen and oxygen atoms in total. The van der Waals surface area contributed by atoms with Gasteiger partial charge in [-0.05, 0) is 36.8 Å². The number of carbonyl (C=O) groups is 2. The van der Waals surface area contributed by atoms with Gasteiger partial charge in [0.15, 0.2) is 0 Å². The molecule has 126 valence electrons. The Balaban J connectivity index is 1.79. The Bertz CT molecular complexity index is 700. The third-order valence-corrected chi connectivity index (χ3v) is 3.89. The molecule has 0 fully saturated rings. The lowest BCUT2D eigenvalue weighted by molar-refractivity contribution is -0.118. The van der Waals surface area contributed by atoms with Gasteiger partial charge in [0.1, 0.15) is 0 Å². The first-order valence-electron chi connectivity index (χ1n) is 7.53. The normalized spacial score (nSPS) is 10.3. The minimum Gasteiger partial charge on any atom is -0.326 e. The Kier molecular flexibility index (Phi) is 6.64. The molecule has 1 N–H and O–H groups in total. The number of benzene rings is 2. The smallest absolute Gasteiger partial charge is 0.226 e. The third kappa shape index (κ3) is 5.55. The number of nitrogens with one attached hydrogen (secondary N) is 1. The van der Waals surface area contributed by atoms with Crippen molar-refractivity contribution in [2.45, 2.75) is 19.3 Å². The van der Waals surface area contributed by atoms with E-state index in [0.29, 0.717) is 28.6 Å². The van der Waals surface area contributed by atoms with E-state index in [2.05, 4.69) is 5.32 Å². The Morgan fingerprint density at radius 2 is 1.62 bits per heavy atom. The number of hydrogen-bond acceptors (Lipinski definition) is 2. The average molecular weight is 365 g/mol. The molecule has 2 amide bonds. The van der Waals surface area contributed by atoms with Crippen molar-refractivity contribution in [3.63, 3.8) is 0 Å². The molecule has 24 heavy (non-hydrogen) atoms. The van der Waals surface area contributed by atoms with Gasteiger partial charge in [0.2, 0.25) is 11.8 Å². The van der Waals surface area contributed by atoms with E-state index < -0.39 is 0 Å². The van der Waals surface area contributed by atoms with Crippen LogP contribution < -0.4 is 10.2 Å². The Labute approximate surface area is 151 Å². The highest BCUT2D eigenvalue weighted by Crippen LogP contribution is 2.22. The zero-order chi connectivity index (χ0) is 17.5. The van der Waals surface area contributed by atoms with Crippen LogP contribution in [0.1, 0.15) is 19.3 Å². The van der Waals surface area contributed by atoms with Gasteiger partial charge in [-0.25, -0.2) is 0 Å². The fourth-order valence-corrected chi connectivity index (χ4v) is 2.74. The lowest BCUT2D eigenvalue weighted by Gasteiger charge is -2.17. The molecule has 0 aromatic heterocycles. The van der Waals surface area contributed by atoms with E-state index in [1.807, 2.05) is 30.3 Å². The second-order valence-electron chi connectivity index (χ2n) is 5.35. The van der Waals surface area contributed by atoms with Crippen molar-refractivity contribution >= 4 is 46.4 Å². The second-order valence-corrected chi connectivity index (χ2v) is 6.22. The van der Waals surface area contributed by atoms with Crippen molar-refractivity contribution in [1.82, 2.24) is 0 Å². The molecule has 0 aliphatic rings. The number of halogens is 2. The van der Waals surface area contributed by atoms with Gasteiger partial charge in [-0.2, -0.15) is 0 Å². The molecular weight excluding hydrogens is 347 g/mol. The summed E-state index contributed by atoms with van der Waals surface area (Å²) >= 11 is 11.8. The largest absolute Gasteiger partial charge is 0.326 e. The van der Waals surface area contributed by atoms with E-state index in [0.717, 1.165) is 5.69 Å². The number of anilines is 2. The number of rotatable bonds is 6. The van der Waals surface area contributed by atoms with Crippen molar-refractivity contribution < 1.29 is 9.59 Å². The summed E-state index contributed by atoms with van der Waals surface area (Å²) in [6, 6.07) is 14.2. The van der Waals surface area contributed by atoms with Crippen LogP contribution in [0.3, 0.4) is 0 Å². The second kappa shape index (κ2) is 8.71. The van der Waals surface area contributed by atoms with Gasteiger partial charge < -0.3 is 10.2 Å². The fraction of sp³-hybridized carbons (Fsp3) is 0.222. The van der Waals surface area contributed by atoms with E-state index in [1.165, 1.54) is 0 Å². The number of para-hydroxylation sites is 1. The lowest BCUT2D eigenvalue weighted by Crippen LogP contribution is -2.26. The maximum atomic E-state index is 12.1. The molecule has 0 radical (unpaired) electrons. The molecule has 0 atom stereocenters. The highest BCUT2D eigenvalue weighted by Gasteiger charge is 2.11. The maximum Gasteiger partial charge on any atom is 0.226 e. The van der Waals surface area contributed by atoms with Gasteiger partial charge in [0.05, 0.1) is 0 Å². The Morgan fingerprint density at radius 1 is 1.00 bits per heavy atom. The van der Waals surface area contributed by atoms with Gasteiger partial charge in [-0.3, -0.25) is 9.59 Å². The topological polar surface area (TPSA) is 49.4 Å². The minimum atomic E-state index is -0.177. The molecule has 2 aromatic carbocycles. The van der Waals surface area contributed by atoms with Crippen LogP contribution in [0.4, 0.5) is 11.4 Å². The fourth-order valence-electron chi connectivity index (χ4n) is 2.21. The van der Waals surface area contributed by atoms with Crippen molar-refractivity contribution in [2.75, 3.05) is 17.3 Å². The van der Waals surface area contributed by atoms with Crippen LogP contribution in [0.25, 0.3) is 0 Å². The van der Waals surface area contributed by atoms with Crippen LogP contribution >= 0.6 is 23.2 Å². The van der Waals surface area contributed by atoms with E-state index >= 15 is 0 Å². The summed E-state index contributed by atoms with van der Waals surface area (Å²) in [5.74, 6) is -0.205. The number of nitrogens with zero attached hydrogens (tertiary/aromatic N) is 1.